The monoisotopic (exact) mass is 494 g/mol. The molecule has 1 fully saturated rings. The van der Waals surface area contributed by atoms with Crippen molar-refractivity contribution in [3.05, 3.63) is 29.3 Å². The molecule has 1 saturated heterocycles. The molecule has 7 heteroatoms. The van der Waals surface area contributed by atoms with Gasteiger partial charge in [0.05, 0.1) is 40.1 Å². The number of rotatable bonds is 13. The highest BCUT2D eigenvalue weighted by molar-refractivity contribution is 5.92. The maximum absolute atomic E-state index is 12.4. The lowest BCUT2D eigenvalue weighted by molar-refractivity contribution is -0.0567. The Kier molecular flexibility index (Phi) is 16.5. The molecule has 35 heavy (non-hydrogen) atoms. The number of unbranched alkanes of at least 4 members (excludes halogenated alkanes) is 7. The van der Waals surface area contributed by atoms with Gasteiger partial charge in [-0.15, -0.1) is 0 Å². The van der Waals surface area contributed by atoms with Gasteiger partial charge in [0.2, 0.25) is 0 Å². The van der Waals surface area contributed by atoms with Crippen LogP contribution in [0.3, 0.4) is 0 Å². The van der Waals surface area contributed by atoms with E-state index in [1.54, 1.807) is 0 Å². The van der Waals surface area contributed by atoms with Crippen molar-refractivity contribution < 1.29 is 33.2 Å². The molecule has 200 valence electrons. The van der Waals surface area contributed by atoms with Crippen LogP contribution in [-0.4, -0.2) is 72.0 Å². The number of hydrogen-bond donors (Lipinski definition) is 0. The lowest BCUT2D eigenvalue weighted by Crippen LogP contribution is -2.29. The average Bonchev–Trinajstić information content (AvgIpc) is 2.91. The van der Waals surface area contributed by atoms with E-state index in [9.17, 15) is 4.79 Å². The van der Waals surface area contributed by atoms with Crippen LogP contribution in [0.4, 0.5) is 0 Å². The van der Waals surface area contributed by atoms with Crippen LogP contribution in [0.5, 0.6) is 5.75 Å². The normalized spacial score (nSPS) is 18.2. The van der Waals surface area contributed by atoms with Crippen LogP contribution in [0, 0.1) is 0 Å². The zero-order valence-corrected chi connectivity index (χ0v) is 21.9. The predicted molar refractivity (Wildman–Crippen MR) is 136 cm³/mol. The molecule has 1 aliphatic heterocycles. The van der Waals surface area contributed by atoms with Crippen LogP contribution in [0.1, 0.15) is 80.6 Å². The van der Waals surface area contributed by atoms with Crippen LogP contribution in [-0.2, 0) is 30.1 Å². The maximum Gasteiger partial charge on any atom is 0.341 e. The molecule has 0 saturated carbocycles. The van der Waals surface area contributed by atoms with Gasteiger partial charge in [-0.05, 0) is 37.0 Å². The molecular formula is C28H46O7. The molecule has 1 aromatic rings. The van der Waals surface area contributed by atoms with Gasteiger partial charge in [-0.2, -0.15) is 0 Å². The molecule has 0 bridgehead atoms. The molecule has 2 rings (SSSR count). The highest BCUT2D eigenvalue weighted by atomic mass is 16.6. The minimum atomic E-state index is -0.393. The molecule has 0 radical (unpaired) electrons. The summed E-state index contributed by atoms with van der Waals surface area (Å²) in [6.45, 7) is 6.23. The van der Waals surface area contributed by atoms with Gasteiger partial charge in [0, 0.05) is 13.2 Å². The van der Waals surface area contributed by atoms with Crippen molar-refractivity contribution in [2.45, 2.75) is 77.2 Å². The topological polar surface area (TPSA) is 72.5 Å². The smallest absolute Gasteiger partial charge is 0.341 e. The molecule has 0 aliphatic carbocycles. The summed E-state index contributed by atoms with van der Waals surface area (Å²) < 4.78 is 33.7. The molecule has 7 nitrogen and oxygen atoms in total. The van der Waals surface area contributed by atoms with Crippen LogP contribution in [0.25, 0.3) is 0 Å². The Hall–Kier alpha value is -1.67. The summed E-state index contributed by atoms with van der Waals surface area (Å²) in [5, 5.41) is 0. The highest BCUT2D eigenvalue weighted by Crippen LogP contribution is 2.23. The Morgan fingerprint density at radius 3 is 2.31 bits per heavy atom. The highest BCUT2D eigenvalue weighted by Gasteiger charge is 2.17. The molecule has 0 N–H and O–H groups in total. The number of esters is 1. The Balaban J connectivity index is 1.85. The lowest BCUT2D eigenvalue weighted by atomic mass is 10.0. The summed E-state index contributed by atoms with van der Waals surface area (Å²) >= 11 is 0. The van der Waals surface area contributed by atoms with Gasteiger partial charge in [0.15, 0.2) is 0 Å². The fraction of sp³-hybridized carbons (Fsp3) is 0.750. The SMILES string of the molecule is CCCCCCCCCCc1ccc(OCC2COCCOCCCOCCO2)c(C(=O)OC)c1. The third-order valence-corrected chi connectivity index (χ3v) is 6.03. The van der Waals surface area contributed by atoms with Crippen molar-refractivity contribution in [2.24, 2.45) is 0 Å². The van der Waals surface area contributed by atoms with E-state index in [1.165, 1.54) is 52.1 Å². The van der Waals surface area contributed by atoms with Crippen LogP contribution < -0.4 is 4.74 Å². The third kappa shape index (κ3) is 13.3. The van der Waals surface area contributed by atoms with Crippen molar-refractivity contribution in [3.8, 4) is 5.75 Å². The molecule has 1 aromatic carbocycles. The Labute approximate surface area is 211 Å². The fourth-order valence-electron chi connectivity index (χ4n) is 3.99. The Morgan fingerprint density at radius 1 is 0.886 bits per heavy atom. The molecule has 1 atom stereocenters. The largest absolute Gasteiger partial charge is 0.490 e. The second-order valence-electron chi connectivity index (χ2n) is 9.00. The molecule has 0 spiro atoms. The first-order chi connectivity index (χ1) is 17.2. The van der Waals surface area contributed by atoms with Gasteiger partial charge in [-0.3, -0.25) is 0 Å². The van der Waals surface area contributed by atoms with E-state index in [0.29, 0.717) is 57.6 Å². The molecular weight excluding hydrogens is 448 g/mol. The van der Waals surface area contributed by atoms with Crippen molar-refractivity contribution >= 4 is 5.97 Å². The summed E-state index contributed by atoms with van der Waals surface area (Å²) in [6, 6.07) is 5.80. The Bertz CT molecular complexity index is 665. The zero-order chi connectivity index (χ0) is 25.0. The first-order valence-corrected chi connectivity index (χ1v) is 13.4. The van der Waals surface area contributed by atoms with Gasteiger partial charge < -0.3 is 28.4 Å². The summed E-state index contributed by atoms with van der Waals surface area (Å²) in [5.41, 5.74) is 1.58. The number of benzene rings is 1. The van der Waals surface area contributed by atoms with Crippen LogP contribution in [0.15, 0.2) is 18.2 Å². The van der Waals surface area contributed by atoms with Gasteiger partial charge in [-0.1, -0.05) is 57.9 Å². The first-order valence-electron chi connectivity index (χ1n) is 13.4. The second kappa shape index (κ2) is 19.5. The summed E-state index contributed by atoms with van der Waals surface area (Å²) in [7, 11) is 1.39. The van der Waals surface area contributed by atoms with E-state index in [-0.39, 0.29) is 12.7 Å². The molecule has 0 amide bonds. The summed E-state index contributed by atoms with van der Waals surface area (Å²) in [4.78, 5) is 12.4. The van der Waals surface area contributed by atoms with E-state index < -0.39 is 5.97 Å². The van der Waals surface area contributed by atoms with Gasteiger partial charge in [0.25, 0.3) is 0 Å². The number of carbonyl (C=O) groups is 1. The minimum absolute atomic E-state index is 0.266. The number of aryl methyl sites for hydroxylation is 1. The average molecular weight is 495 g/mol. The number of hydrogen-bond acceptors (Lipinski definition) is 7. The zero-order valence-electron chi connectivity index (χ0n) is 21.9. The van der Waals surface area contributed by atoms with Crippen LogP contribution >= 0.6 is 0 Å². The van der Waals surface area contributed by atoms with E-state index in [0.717, 1.165) is 24.8 Å². The van der Waals surface area contributed by atoms with E-state index in [1.807, 2.05) is 18.2 Å². The molecule has 1 aliphatic rings. The van der Waals surface area contributed by atoms with Crippen LogP contribution in [0.2, 0.25) is 0 Å². The van der Waals surface area contributed by atoms with Gasteiger partial charge in [-0.25, -0.2) is 4.79 Å². The van der Waals surface area contributed by atoms with Gasteiger partial charge >= 0.3 is 5.97 Å². The number of methoxy groups -OCH3 is 1. The van der Waals surface area contributed by atoms with Gasteiger partial charge in [0.1, 0.15) is 24.0 Å². The van der Waals surface area contributed by atoms with E-state index in [4.69, 9.17) is 28.4 Å². The first kappa shape index (κ1) is 29.6. The van der Waals surface area contributed by atoms with Crippen molar-refractivity contribution in [1.82, 2.24) is 0 Å². The van der Waals surface area contributed by atoms with Crippen molar-refractivity contribution in [1.29, 1.82) is 0 Å². The molecule has 1 unspecified atom stereocenters. The molecule has 0 aromatic heterocycles. The standard InChI is InChI=1S/C28H46O7/c1-3-4-5-6-7-8-9-10-12-24-13-14-27(26(21-24)28(29)30-2)35-23-25-22-33-18-17-31-15-11-16-32-19-20-34-25/h13-14,21,25H,3-12,15-20,22-23H2,1-2H3. The Morgan fingerprint density at radius 2 is 1.57 bits per heavy atom. The molecule has 1 heterocycles. The lowest BCUT2D eigenvalue weighted by Gasteiger charge is -2.20. The summed E-state index contributed by atoms with van der Waals surface area (Å²) in [5.74, 6) is 0.109. The van der Waals surface area contributed by atoms with Crippen molar-refractivity contribution in [3.63, 3.8) is 0 Å². The predicted octanol–water partition coefficient (Wildman–Crippen LogP) is 5.37. The van der Waals surface area contributed by atoms with E-state index >= 15 is 0 Å². The quantitative estimate of drug-likeness (QED) is 0.269. The summed E-state index contributed by atoms with van der Waals surface area (Å²) in [6.07, 6.45) is 11.8. The third-order valence-electron chi connectivity index (χ3n) is 6.03. The van der Waals surface area contributed by atoms with Crippen molar-refractivity contribution in [2.75, 3.05) is 60.0 Å². The number of carbonyl (C=O) groups excluding carboxylic acids is 1. The fourth-order valence-corrected chi connectivity index (χ4v) is 3.99. The van der Waals surface area contributed by atoms with E-state index in [2.05, 4.69) is 6.92 Å². The maximum atomic E-state index is 12.4. The second-order valence-corrected chi connectivity index (χ2v) is 9.00. The number of ether oxygens (including phenoxy) is 6. The minimum Gasteiger partial charge on any atom is -0.490 e.